The maximum Gasteiger partial charge on any atom is 0.307 e. The van der Waals surface area contributed by atoms with Crippen LogP contribution in [0.5, 0.6) is 0 Å². The number of nitrogens with one attached hydrogen (secondary N) is 1. The van der Waals surface area contributed by atoms with Crippen molar-refractivity contribution in [2.24, 2.45) is 0 Å². The van der Waals surface area contributed by atoms with Gasteiger partial charge in [-0.05, 0) is 40.1 Å². The second kappa shape index (κ2) is 6.15. The number of aliphatic carboxylic acids is 1. The van der Waals surface area contributed by atoms with E-state index in [2.05, 4.69) is 5.32 Å². The highest BCUT2D eigenvalue weighted by molar-refractivity contribution is 7.08. The summed E-state index contributed by atoms with van der Waals surface area (Å²) in [5.41, 5.74) is 2.27. The van der Waals surface area contributed by atoms with Crippen LogP contribution in [0.3, 0.4) is 0 Å². The molecule has 19 heavy (non-hydrogen) atoms. The molecule has 1 amide bonds. The molecule has 1 heterocycles. The van der Waals surface area contributed by atoms with Crippen LogP contribution in [0.4, 0.5) is 5.69 Å². The van der Waals surface area contributed by atoms with Gasteiger partial charge in [0.2, 0.25) is 5.91 Å². The predicted octanol–water partition coefficient (Wildman–Crippen LogP) is 2.56. The molecule has 4 nitrogen and oxygen atoms in total. The molecular formula is C14H13NO3S. The van der Waals surface area contributed by atoms with Gasteiger partial charge in [-0.15, -0.1) is 0 Å². The van der Waals surface area contributed by atoms with Gasteiger partial charge in [0.25, 0.3) is 0 Å². The Morgan fingerprint density at radius 2 is 2.00 bits per heavy atom. The minimum atomic E-state index is -0.887. The minimum Gasteiger partial charge on any atom is -0.481 e. The lowest BCUT2D eigenvalue weighted by molar-refractivity contribution is -0.136. The van der Waals surface area contributed by atoms with Crippen LogP contribution in [0.15, 0.2) is 41.1 Å². The summed E-state index contributed by atoms with van der Waals surface area (Å²) in [6.07, 6.45) is 0.279. The Balaban J connectivity index is 1.98. The zero-order valence-electron chi connectivity index (χ0n) is 10.1. The third kappa shape index (κ3) is 4.22. The zero-order valence-corrected chi connectivity index (χ0v) is 10.9. The van der Waals surface area contributed by atoms with E-state index in [0.29, 0.717) is 17.7 Å². The quantitative estimate of drug-likeness (QED) is 0.881. The largest absolute Gasteiger partial charge is 0.481 e. The fourth-order valence-electron chi connectivity index (χ4n) is 1.72. The van der Waals surface area contributed by atoms with Crippen molar-refractivity contribution >= 4 is 28.9 Å². The molecule has 0 fully saturated rings. The second-order valence-corrected chi connectivity index (χ2v) is 4.91. The van der Waals surface area contributed by atoms with Crippen LogP contribution >= 0.6 is 11.3 Å². The standard InChI is InChI=1S/C14H13NO3S/c16-13(7-11-4-5-19-9-11)15-12-3-1-2-10(6-12)8-14(17)18/h1-6,9H,7-8H2,(H,15,16)(H,17,18). The molecule has 0 aliphatic heterocycles. The summed E-state index contributed by atoms with van der Waals surface area (Å²) in [7, 11) is 0. The smallest absolute Gasteiger partial charge is 0.307 e. The number of carboxylic acids is 1. The average molecular weight is 275 g/mol. The molecule has 1 aromatic heterocycles. The SMILES string of the molecule is O=C(O)Cc1cccc(NC(=O)Cc2ccsc2)c1. The first kappa shape index (κ1) is 13.3. The van der Waals surface area contributed by atoms with E-state index in [0.717, 1.165) is 5.56 Å². The molecule has 0 saturated carbocycles. The zero-order chi connectivity index (χ0) is 13.7. The first-order valence-electron chi connectivity index (χ1n) is 5.75. The second-order valence-electron chi connectivity index (χ2n) is 4.13. The van der Waals surface area contributed by atoms with Gasteiger partial charge in [0.1, 0.15) is 0 Å². The molecule has 0 aliphatic carbocycles. The summed E-state index contributed by atoms with van der Waals surface area (Å²) in [5.74, 6) is -0.993. The molecule has 2 aromatic rings. The van der Waals surface area contributed by atoms with E-state index in [4.69, 9.17) is 5.11 Å². The Labute approximate surface area is 114 Å². The van der Waals surface area contributed by atoms with Gasteiger partial charge in [-0.2, -0.15) is 11.3 Å². The van der Waals surface area contributed by atoms with E-state index in [-0.39, 0.29) is 12.3 Å². The fourth-order valence-corrected chi connectivity index (χ4v) is 2.39. The van der Waals surface area contributed by atoms with Gasteiger partial charge in [-0.25, -0.2) is 0 Å². The van der Waals surface area contributed by atoms with Crippen molar-refractivity contribution in [2.75, 3.05) is 5.32 Å². The Kier molecular flexibility index (Phi) is 4.30. The van der Waals surface area contributed by atoms with Crippen molar-refractivity contribution in [3.63, 3.8) is 0 Å². The molecule has 0 radical (unpaired) electrons. The van der Waals surface area contributed by atoms with Crippen molar-refractivity contribution < 1.29 is 14.7 Å². The van der Waals surface area contributed by atoms with E-state index in [1.807, 2.05) is 16.8 Å². The van der Waals surface area contributed by atoms with Crippen molar-refractivity contribution in [2.45, 2.75) is 12.8 Å². The first-order valence-corrected chi connectivity index (χ1v) is 6.69. The summed E-state index contributed by atoms with van der Waals surface area (Å²) < 4.78 is 0. The molecular weight excluding hydrogens is 262 g/mol. The molecule has 0 bridgehead atoms. The number of amides is 1. The highest BCUT2D eigenvalue weighted by Crippen LogP contribution is 2.13. The van der Waals surface area contributed by atoms with Crippen LogP contribution in [-0.2, 0) is 22.4 Å². The van der Waals surface area contributed by atoms with Gasteiger partial charge < -0.3 is 10.4 Å². The van der Waals surface area contributed by atoms with E-state index < -0.39 is 5.97 Å². The Hall–Kier alpha value is -2.14. The van der Waals surface area contributed by atoms with Crippen LogP contribution in [0.25, 0.3) is 0 Å². The highest BCUT2D eigenvalue weighted by atomic mass is 32.1. The van der Waals surface area contributed by atoms with Crippen molar-refractivity contribution in [3.8, 4) is 0 Å². The van der Waals surface area contributed by atoms with Crippen molar-refractivity contribution in [1.82, 2.24) is 0 Å². The molecule has 2 N–H and O–H groups in total. The number of benzene rings is 1. The summed E-state index contributed by atoms with van der Waals surface area (Å²) in [6.45, 7) is 0. The number of anilines is 1. The summed E-state index contributed by atoms with van der Waals surface area (Å²) in [4.78, 5) is 22.4. The Bertz CT molecular complexity index is 578. The number of hydrogen-bond acceptors (Lipinski definition) is 3. The van der Waals surface area contributed by atoms with Gasteiger partial charge in [0.15, 0.2) is 0 Å². The summed E-state index contributed by atoms with van der Waals surface area (Å²) in [5, 5.41) is 15.3. The topological polar surface area (TPSA) is 66.4 Å². The summed E-state index contributed by atoms with van der Waals surface area (Å²) >= 11 is 1.55. The third-order valence-electron chi connectivity index (χ3n) is 2.51. The molecule has 0 atom stereocenters. The molecule has 1 aromatic carbocycles. The van der Waals surface area contributed by atoms with Crippen LogP contribution < -0.4 is 5.32 Å². The third-order valence-corrected chi connectivity index (χ3v) is 3.24. The van der Waals surface area contributed by atoms with Crippen LogP contribution in [-0.4, -0.2) is 17.0 Å². The fraction of sp³-hybridized carbons (Fsp3) is 0.143. The maximum absolute atomic E-state index is 11.8. The maximum atomic E-state index is 11.8. The van der Waals surface area contributed by atoms with Gasteiger partial charge in [-0.1, -0.05) is 12.1 Å². The number of thiophene rings is 1. The number of carboxylic acid groups (broad SMARTS) is 1. The van der Waals surface area contributed by atoms with E-state index in [1.54, 1.807) is 35.6 Å². The Morgan fingerprint density at radius 1 is 1.16 bits per heavy atom. The molecule has 0 aliphatic rings. The average Bonchev–Trinajstić information content (AvgIpc) is 2.81. The molecule has 0 unspecified atom stereocenters. The van der Waals surface area contributed by atoms with Crippen LogP contribution in [0.2, 0.25) is 0 Å². The van der Waals surface area contributed by atoms with Crippen molar-refractivity contribution in [3.05, 3.63) is 52.2 Å². The van der Waals surface area contributed by atoms with E-state index >= 15 is 0 Å². The van der Waals surface area contributed by atoms with E-state index in [9.17, 15) is 9.59 Å². The Morgan fingerprint density at radius 3 is 2.68 bits per heavy atom. The lowest BCUT2D eigenvalue weighted by atomic mass is 10.1. The number of rotatable bonds is 5. The van der Waals surface area contributed by atoms with Gasteiger partial charge >= 0.3 is 5.97 Å². The summed E-state index contributed by atoms with van der Waals surface area (Å²) in [6, 6.07) is 8.79. The van der Waals surface area contributed by atoms with Crippen LogP contribution in [0.1, 0.15) is 11.1 Å². The molecule has 2 rings (SSSR count). The predicted molar refractivity (Wildman–Crippen MR) is 74.4 cm³/mol. The molecule has 0 saturated heterocycles. The van der Waals surface area contributed by atoms with Gasteiger partial charge in [-0.3, -0.25) is 9.59 Å². The highest BCUT2D eigenvalue weighted by Gasteiger charge is 2.06. The lowest BCUT2D eigenvalue weighted by Gasteiger charge is -2.06. The number of carbonyl (C=O) groups is 2. The normalized spacial score (nSPS) is 10.1. The minimum absolute atomic E-state index is 0.0474. The van der Waals surface area contributed by atoms with Gasteiger partial charge in [0.05, 0.1) is 12.8 Å². The number of carbonyl (C=O) groups excluding carboxylic acids is 1. The van der Waals surface area contributed by atoms with E-state index in [1.165, 1.54) is 0 Å². The molecule has 98 valence electrons. The van der Waals surface area contributed by atoms with Crippen molar-refractivity contribution in [1.29, 1.82) is 0 Å². The first-order chi connectivity index (χ1) is 9.13. The number of hydrogen-bond donors (Lipinski definition) is 2. The monoisotopic (exact) mass is 275 g/mol. The molecule has 0 spiro atoms. The lowest BCUT2D eigenvalue weighted by Crippen LogP contribution is -2.14. The van der Waals surface area contributed by atoms with Gasteiger partial charge in [0, 0.05) is 5.69 Å². The van der Waals surface area contributed by atoms with Crippen LogP contribution in [0, 0.1) is 0 Å². The molecule has 5 heteroatoms.